The number of carbonyl (C=O) groups is 1. The molecular formula is C36H28F3N5O2S. The van der Waals surface area contributed by atoms with Crippen molar-refractivity contribution in [3.63, 3.8) is 0 Å². The third-order valence-corrected chi connectivity index (χ3v) is 10.0. The smallest absolute Gasteiger partial charge is 0.257 e. The monoisotopic (exact) mass is 651 g/mol. The minimum absolute atomic E-state index is 0.0492. The number of aryl methyl sites for hydroxylation is 3. The fourth-order valence-electron chi connectivity index (χ4n) is 6.64. The summed E-state index contributed by atoms with van der Waals surface area (Å²) in [5.41, 5.74) is 5.05. The summed E-state index contributed by atoms with van der Waals surface area (Å²) in [7, 11) is 0. The van der Waals surface area contributed by atoms with Gasteiger partial charge in [-0.3, -0.25) is 9.78 Å². The van der Waals surface area contributed by atoms with Gasteiger partial charge in [-0.05, 0) is 85.5 Å². The standard InChI is InChI=1S/C36H28F3N5O2S/c1-19-17-42-35(46-19)29-26(11-7-20-4-8-23(37)9-5-20)43-32-27-3-2-14-44(27)36(45)31(32)30(29)28-16-22-12-13-40-34(33(22)47-28)41-18-21-6-10-24(38)25(39)15-21/h4-6,8-10,12-13,15-17,27H,2-3,7,11,14,18H2,1H3,(H,40,41)/t27-/m0/s1. The van der Waals surface area contributed by atoms with E-state index < -0.39 is 11.6 Å². The zero-order valence-corrected chi connectivity index (χ0v) is 26.1. The van der Waals surface area contributed by atoms with E-state index in [4.69, 9.17) is 9.40 Å². The van der Waals surface area contributed by atoms with Gasteiger partial charge >= 0.3 is 0 Å². The van der Waals surface area contributed by atoms with Crippen LogP contribution in [-0.2, 0) is 19.4 Å². The van der Waals surface area contributed by atoms with Crippen LogP contribution in [-0.4, -0.2) is 32.3 Å². The first-order valence-electron chi connectivity index (χ1n) is 15.5. The van der Waals surface area contributed by atoms with Crippen molar-refractivity contribution in [1.29, 1.82) is 0 Å². The summed E-state index contributed by atoms with van der Waals surface area (Å²) in [5, 5.41) is 4.19. The summed E-state index contributed by atoms with van der Waals surface area (Å²) in [4.78, 5) is 31.2. The minimum Gasteiger partial charge on any atom is -0.441 e. The molecule has 1 atom stereocenters. The van der Waals surface area contributed by atoms with Gasteiger partial charge in [-0.25, -0.2) is 23.1 Å². The summed E-state index contributed by atoms with van der Waals surface area (Å²) in [5.74, 6) is -0.541. The Morgan fingerprint density at radius 3 is 2.57 bits per heavy atom. The molecule has 2 aliphatic heterocycles. The largest absolute Gasteiger partial charge is 0.441 e. The maximum Gasteiger partial charge on any atom is 0.257 e. The van der Waals surface area contributed by atoms with Crippen molar-refractivity contribution in [3.8, 4) is 21.9 Å². The van der Waals surface area contributed by atoms with Crippen LogP contribution in [0.4, 0.5) is 19.0 Å². The molecule has 11 heteroatoms. The quantitative estimate of drug-likeness (QED) is 0.178. The number of carbonyl (C=O) groups excluding carboxylic acids is 1. The van der Waals surface area contributed by atoms with E-state index in [9.17, 15) is 18.0 Å². The predicted molar refractivity (Wildman–Crippen MR) is 174 cm³/mol. The van der Waals surface area contributed by atoms with Crippen molar-refractivity contribution >= 4 is 33.1 Å². The lowest BCUT2D eigenvalue weighted by Gasteiger charge is -2.16. The Bertz CT molecular complexity index is 2180. The van der Waals surface area contributed by atoms with Crippen LogP contribution in [0.1, 0.15) is 57.5 Å². The molecule has 1 amide bonds. The topological polar surface area (TPSA) is 84.2 Å². The van der Waals surface area contributed by atoms with Crippen molar-refractivity contribution in [2.75, 3.05) is 11.9 Å². The zero-order chi connectivity index (χ0) is 32.2. The highest BCUT2D eigenvalue weighted by molar-refractivity contribution is 7.23. The molecule has 6 aromatic rings. The molecule has 47 heavy (non-hydrogen) atoms. The second-order valence-electron chi connectivity index (χ2n) is 11.9. The van der Waals surface area contributed by atoms with E-state index in [1.807, 2.05) is 24.0 Å². The number of benzene rings is 2. The van der Waals surface area contributed by atoms with Gasteiger partial charge in [0.05, 0.1) is 39.5 Å². The summed E-state index contributed by atoms with van der Waals surface area (Å²) in [6.45, 7) is 2.74. The van der Waals surface area contributed by atoms with Crippen LogP contribution in [0.3, 0.4) is 0 Å². The van der Waals surface area contributed by atoms with Gasteiger partial charge in [0.1, 0.15) is 17.4 Å². The number of halogens is 3. The normalized spacial score (nSPS) is 15.4. The fourth-order valence-corrected chi connectivity index (χ4v) is 7.82. The number of fused-ring (bicyclic) bond motifs is 4. The number of pyridine rings is 2. The average Bonchev–Trinajstić information content (AvgIpc) is 3.87. The van der Waals surface area contributed by atoms with Crippen molar-refractivity contribution < 1.29 is 22.4 Å². The molecule has 2 aliphatic rings. The highest BCUT2D eigenvalue weighted by Crippen LogP contribution is 2.50. The second-order valence-corrected chi connectivity index (χ2v) is 13.0. The number of thiophene rings is 1. The van der Waals surface area contributed by atoms with Crippen LogP contribution >= 0.6 is 11.3 Å². The summed E-state index contributed by atoms with van der Waals surface area (Å²) < 4.78 is 48.0. The number of amides is 1. The van der Waals surface area contributed by atoms with Crippen LogP contribution in [0.25, 0.3) is 32.0 Å². The van der Waals surface area contributed by atoms with E-state index in [1.54, 1.807) is 24.5 Å². The van der Waals surface area contributed by atoms with Crippen LogP contribution < -0.4 is 5.32 Å². The zero-order valence-electron chi connectivity index (χ0n) is 25.3. The van der Waals surface area contributed by atoms with Crippen LogP contribution in [0, 0.1) is 24.4 Å². The highest BCUT2D eigenvalue weighted by Gasteiger charge is 2.44. The van der Waals surface area contributed by atoms with Gasteiger partial charge in [0, 0.05) is 29.7 Å². The molecule has 2 aromatic carbocycles. The molecule has 1 fully saturated rings. The highest BCUT2D eigenvalue weighted by atomic mass is 32.1. The van der Waals surface area contributed by atoms with Crippen LogP contribution in [0.5, 0.6) is 0 Å². The SMILES string of the molecule is Cc1cnc(-c2c(CCc3ccc(F)cc3)nc3c(c2-c2cc4ccnc(NCc5ccc(F)c(F)c5)c4s2)C(=O)N2CCC[C@@H]32)o1. The lowest BCUT2D eigenvalue weighted by atomic mass is 9.93. The fraction of sp³-hybridized carbons (Fsp3) is 0.222. The van der Waals surface area contributed by atoms with Gasteiger partial charge < -0.3 is 14.6 Å². The van der Waals surface area contributed by atoms with Gasteiger partial charge in [0.15, 0.2) is 11.6 Å². The third kappa shape index (κ3) is 5.24. The van der Waals surface area contributed by atoms with E-state index in [1.165, 1.54) is 35.6 Å². The predicted octanol–water partition coefficient (Wildman–Crippen LogP) is 8.43. The van der Waals surface area contributed by atoms with Gasteiger partial charge in [0.2, 0.25) is 5.89 Å². The third-order valence-electron chi connectivity index (χ3n) is 8.87. The van der Waals surface area contributed by atoms with E-state index in [-0.39, 0.29) is 24.3 Å². The molecule has 0 unspecified atom stereocenters. The van der Waals surface area contributed by atoms with Gasteiger partial charge in [-0.2, -0.15) is 0 Å². The Labute approximate surface area is 272 Å². The molecule has 1 saturated heterocycles. The van der Waals surface area contributed by atoms with E-state index in [2.05, 4.69) is 15.3 Å². The van der Waals surface area contributed by atoms with Crippen molar-refractivity contribution in [2.45, 2.75) is 45.2 Å². The van der Waals surface area contributed by atoms with E-state index >= 15 is 0 Å². The van der Waals surface area contributed by atoms with E-state index in [0.717, 1.165) is 56.4 Å². The number of hydrogen-bond donors (Lipinski definition) is 1. The molecule has 1 N–H and O–H groups in total. The molecule has 8 rings (SSSR count). The second kappa shape index (κ2) is 11.6. The van der Waals surface area contributed by atoms with Crippen LogP contribution in [0.15, 0.2) is 71.4 Å². The van der Waals surface area contributed by atoms with Crippen LogP contribution in [0.2, 0.25) is 0 Å². The van der Waals surface area contributed by atoms with Gasteiger partial charge in [0.25, 0.3) is 5.91 Å². The Morgan fingerprint density at radius 1 is 0.957 bits per heavy atom. The summed E-state index contributed by atoms with van der Waals surface area (Å²) >= 11 is 1.49. The molecule has 236 valence electrons. The average molecular weight is 652 g/mol. The van der Waals surface area contributed by atoms with Crippen molar-refractivity contribution in [1.82, 2.24) is 19.9 Å². The Hall–Kier alpha value is -5.03. The number of nitrogens with zero attached hydrogens (tertiary/aromatic N) is 4. The first-order chi connectivity index (χ1) is 22.8. The molecule has 0 bridgehead atoms. The number of hydrogen-bond acceptors (Lipinski definition) is 7. The number of oxazole rings is 1. The molecule has 4 aromatic heterocycles. The van der Waals surface area contributed by atoms with Gasteiger partial charge in [-0.15, -0.1) is 11.3 Å². The Balaban J connectivity index is 1.28. The molecule has 6 heterocycles. The van der Waals surface area contributed by atoms with Crippen molar-refractivity contribution in [2.24, 2.45) is 0 Å². The Kier molecular flexibility index (Phi) is 7.28. The number of rotatable bonds is 8. The maximum atomic E-state index is 14.1. The maximum absolute atomic E-state index is 14.1. The molecule has 0 radical (unpaired) electrons. The molecule has 0 aliphatic carbocycles. The summed E-state index contributed by atoms with van der Waals surface area (Å²) in [6, 6.07) is 14.1. The number of nitrogens with one attached hydrogen (secondary N) is 1. The van der Waals surface area contributed by atoms with E-state index in [0.29, 0.717) is 53.5 Å². The first kappa shape index (κ1) is 29.4. The molecule has 0 saturated carbocycles. The number of aromatic nitrogens is 3. The summed E-state index contributed by atoms with van der Waals surface area (Å²) in [6.07, 6.45) is 6.24. The van der Waals surface area contributed by atoms with Crippen molar-refractivity contribution in [3.05, 3.63) is 118 Å². The molecular weight excluding hydrogens is 623 g/mol. The molecule has 0 spiro atoms. The first-order valence-corrected chi connectivity index (χ1v) is 16.3. The molecule has 7 nitrogen and oxygen atoms in total. The lowest BCUT2D eigenvalue weighted by molar-refractivity contribution is 0.0776. The minimum atomic E-state index is -0.907. The number of anilines is 1. The lowest BCUT2D eigenvalue weighted by Crippen LogP contribution is -2.22. The van der Waals surface area contributed by atoms with Gasteiger partial charge in [-0.1, -0.05) is 18.2 Å². The Morgan fingerprint density at radius 2 is 1.79 bits per heavy atom.